The normalized spacial score (nSPS) is 17.4. The van der Waals surface area contributed by atoms with Crippen LogP contribution >= 0.6 is 0 Å². The van der Waals surface area contributed by atoms with Gasteiger partial charge in [-0.05, 0) is 43.5 Å². The standard InChI is InChI=1S/C14H16N2O/c17-14-6-5-11-3-1-2-4-13(11)16(14)12-7-9-15-10-8-12/h1-6,12,15H,7-10H2. The molecule has 0 radical (unpaired) electrons. The summed E-state index contributed by atoms with van der Waals surface area (Å²) < 4.78 is 1.97. The zero-order chi connectivity index (χ0) is 11.7. The lowest BCUT2D eigenvalue weighted by atomic mass is 10.1. The molecule has 1 saturated heterocycles. The van der Waals surface area contributed by atoms with Gasteiger partial charge in [-0.15, -0.1) is 0 Å². The van der Waals surface area contributed by atoms with Crippen molar-refractivity contribution in [2.75, 3.05) is 13.1 Å². The van der Waals surface area contributed by atoms with E-state index in [0.29, 0.717) is 6.04 Å². The minimum absolute atomic E-state index is 0.121. The summed E-state index contributed by atoms with van der Waals surface area (Å²) >= 11 is 0. The summed E-state index contributed by atoms with van der Waals surface area (Å²) in [7, 11) is 0. The molecule has 3 heteroatoms. The van der Waals surface area contributed by atoms with Crippen molar-refractivity contribution in [1.82, 2.24) is 9.88 Å². The highest BCUT2D eigenvalue weighted by atomic mass is 16.1. The number of para-hydroxylation sites is 1. The highest BCUT2D eigenvalue weighted by molar-refractivity contribution is 5.78. The van der Waals surface area contributed by atoms with Crippen molar-refractivity contribution in [3.8, 4) is 0 Å². The molecule has 0 aliphatic carbocycles. The van der Waals surface area contributed by atoms with Crippen LogP contribution in [0.2, 0.25) is 0 Å². The van der Waals surface area contributed by atoms with Crippen LogP contribution in [0, 0.1) is 0 Å². The third-order valence-electron chi connectivity index (χ3n) is 3.51. The molecule has 1 N–H and O–H groups in total. The Morgan fingerprint density at radius 3 is 2.65 bits per heavy atom. The van der Waals surface area contributed by atoms with Crippen LogP contribution < -0.4 is 10.9 Å². The molecule has 0 spiro atoms. The highest BCUT2D eigenvalue weighted by Crippen LogP contribution is 2.21. The Balaban J connectivity index is 2.19. The maximum atomic E-state index is 12.1. The molecule has 2 heterocycles. The first-order valence-corrected chi connectivity index (χ1v) is 6.17. The van der Waals surface area contributed by atoms with Gasteiger partial charge in [0, 0.05) is 12.1 Å². The number of hydrogen-bond donors (Lipinski definition) is 1. The molecule has 1 aromatic heterocycles. The maximum absolute atomic E-state index is 12.1. The van der Waals surface area contributed by atoms with Crippen molar-refractivity contribution in [2.24, 2.45) is 0 Å². The third-order valence-corrected chi connectivity index (χ3v) is 3.51. The molecule has 2 aromatic rings. The molecule has 1 aliphatic heterocycles. The van der Waals surface area contributed by atoms with Crippen molar-refractivity contribution in [3.63, 3.8) is 0 Å². The van der Waals surface area contributed by atoms with Crippen molar-refractivity contribution >= 4 is 10.9 Å². The van der Waals surface area contributed by atoms with Crippen molar-refractivity contribution in [2.45, 2.75) is 18.9 Å². The molecular weight excluding hydrogens is 212 g/mol. The Kier molecular flexibility index (Phi) is 2.69. The summed E-state index contributed by atoms with van der Waals surface area (Å²) in [5, 5.41) is 4.48. The summed E-state index contributed by atoms with van der Waals surface area (Å²) in [4.78, 5) is 12.1. The lowest BCUT2D eigenvalue weighted by Gasteiger charge is -2.26. The van der Waals surface area contributed by atoms with Crippen molar-refractivity contribution < 1.29 is 0 Å². The van der Waals surface area contributed by atoms with E-state index in [9.17, 15) is 4.79 Å². The van der Waals surface area contributed by atoms with Crippen LogP contribution in [0.3, 0.4) is 0 Å². The van der Waals surface area contributed by atoms with Gasteiger partial charge in [0.25, 0.3) is 5.56 Å². The number of benzene rings is 1. The Labute approximate surface area is 100 Å². The lowest BCUT2D eigenvalue weighted by Crippen LogP contribution is -2.34. The van der Waals surface area contributed by atoms with Crippen LogP contribution in [0.15, 0.2) is 41.2 Å². The molecule has 0 saturated carbocycles. The molecule has 0 bridgehead atoms. The second kappa shape index (κ2) is 4.34. The average molecular weight is 228 g/mol. The van der Waals surface area contributed by atoms with E-state index in [1.807, 2.05) is 28.8 Å². The second-order valence-electron chi connectivity index (χ2n) is 4.58. The summed E-state index contributed by atoms with van der Waals surface area (Å²) in [5.41, 5.74) is 1.18. The second-order valence-corrected chi connectivity index (χ2v) is 4.58. The third kappa shape index (κ3) is 1.87. The first-order valence-electron chi connectivity index (χ1n) is 6.17. The Morgan fingerprint density at radius 1 is 1.06 bits per heavy atom. The quantitative estimate of drug-likeness (QED) is 0.809. The van der Waals surface area contributed by atoms with E-state index in [-0.39, 0.29) is 5.56 Å². The fourth-order valence-electron chi connectivity index (χ4n) is 2.65. The topological polar surface area (TPSA) is 34.0 Å². The fourth-order valence-corrected chi connectivity index (χ4v) is 2.65. The molecular formula is C14H16N2O. The lowest BCUT2D eigenvalue weighted by molar-refractivity contribution is 0.369. The van der Waals surface area contributed by atoms with E-state index in [0.717, 1.165) is 36.8 Å². The van der Waals surface area contributed by atoms with Gasteiger partial charge < -0.3 is 9.88 Å². The van der Waals surface area contributed by atoms with Crippen LogP contribution in [0.4, 0.5) is 0 Å². The largest absolute Gasteiger partial charge is 0.317 e. The smallest absolute Gasteiger partial charge is 0.251 e. The van der Waals surface area contributed by atoms with Crippen molar-refractivity contribution in [1.29, 1.82) is 0 Å². The van der Waals surface area contributed by atoms with Gasteiger partial charge in [-0.1, -0.05) is 18.2 Å². The molecule has 17 heavy (non-hydrogen) atoms. The minimum atomic E-state index is 0.121. The summed E-state index contributed by atoms with van der Waals surface area (Å²) in [6.07, 6.45) is 2.07. The van der Waals surface area contributed by atoms with E-state index in [2.05, 4.69) is 11.4 Å². The Bertz CT molecular complexity index is 582. The van der Waals surface area contributed by atoms with Gasteiger partial charge in [-0.3, -0.25) is 4.79 Å². The highest BCUT2D eigenvalue weighted by Gasteiger charge is 2.17. The van der Waals surface area contributed by atoms with Gasteiger partial charge in [0.1, 0.15) is 0 Å². The molecule has 1 aromatic carbocycles. The van der Waals surface area contributed by atoms with Gasteiger partial charge in [0.05, 0.1) is 5.52 Å². The van der Waals surface area contributed by atoms with E-state index >= 15 is 0 Å². The van der Waals surface area contributed by atoms with Gasteiger partial charge in [0.15, 0.2) is 0 Å². The molecule has 0 atom stereocenters. The van der Waals surface area contributed by atoms with Gasteiger partial charge in [-0.25, -0.2) is 0 Å². The minimum Gasteiger partial charge on any atom is -0.317 e. The number of rotatable bonds is 1. The molecule has 0 unspecified atom stereocenters. The number of nitrogens with one attached hydrogen (secondary N) is 1. The van der Waals surface area contributed by atoms with Crippen LogP contribution in [0.25, 0.3) is 10.9 Å². The van der Waals surface area contributed by atoms with E-state index in [1.165, 1.54) is 0 Å². The average Bonchev–Trinajstić information content (AvgIpc) is 2.39. The predicted octanol–water partition coefficient (Wildman–Crippen LogP) is 1.93. The Morgan fingerprint density at radius 2 is 1.82 bits per heavy atom. The zero-order valence-corrected chi connectivity index (χ0v) is 9.73. The summed E-state index contributed by atoms with van der Waals surface area (Å²) in [5.74, 6) is 0. The van der Waals surface area contributed by atoms with Crippen LogP contribution in [-0.4, -0.2) is 17.7 Å². The van der Waals surface area contributed by atoms with Crippen LogP contribution in [-0.2, 0) is 0 Å². The molecule has 88 valence electrons. The van der Waals surface area contributed by atoms with Crippen LogP contribution in [0.5, 0.6) is 0 Å². The number of pyridine rings is 1. The number of nitrogens with zero attached hydrogens (tertiary/aromatic N) is 1. The number of piperidine rings is 1. The van der Waals surface area contributed by atoms with E-state index < -0.39 is 0 Å². The molecule has 1 fully saturated rings. The Hall–Kier alpha value is -1.61. The van der Waals surface area contributed by atoms with E-state index in [4.69, 9.17) is 0 Å². The molecule has 1 aliphatic rings. The molecule has 3 nitrogen and oxygen atoms in total. The first-order chi connectivity index (χ1) is 8.36. The number of fused-ring (bicyclic) bond motifs is 1. The number of hydrogen-bond acceptors (Lipinski definition) is 2. The first kappa shape index (κ1) is 10.5. The maximum Gasteiger partial charge on any atom is 0.251 e. The zero-order valence-electron chi connectivity index (χ0n) is 9.73. The van der Waals surface area contributed by atoms with Crippen LogP contribution in [0.1, 0.15) is 18.9 Å². The number of aromatic nitrogens is 1. The molecule has 3 rings (SSSR count). The van der Waals surface area contributed by atoms with Gasteiger partial charge in [-0.2, -0.15) is 0 Å². The SMILES string of the molecule is O=c1ccc2ccccc2n1C1CCNCC1. The predicted molar refractivity (Wildman–Crippen MR) is 69.3 cm³/mol. The van der Waals surface area contributed by atoms with Crippen molar-refractivity contribution in [3.05, 3.63) is 46.8 Å². The fraction of sp³-hybridized carbons (Fsp3) is 0.357. The molecule has 0 amide bonds. The van der Waals surface area contributed by atoms with E-state index in [1.54, 1.807) is 6.07 Å². The monoisotopic (exact) mass is 228 g/mol. The summed E-state index contributed by atoms with van der Waals surface area (Å²) in [6, 6.07) is 12.1. The van der Waals surface area contributed by atoms with Gasteiger partial charge >= 0.3 is 0 Å². The summed E-state index contributed by atoms with van der Waals surface area (Å²) in [6.45, 7) is 2.00. The van der Waals surface area contributed by atoms with Gasteiger partial charge in [0.2, 0.25) is 0 Å².